The van der Waals surface area contributed by atoms with Crippen LogP contribution < -0.4 is 0 Å². The molecular weight excluding hydrogens is 486 g/mol. The largest absolute Gasteiger partial charge is 0.281 e. The molecule has 4 aromatic carbocycles. The lowest BCUT2D eigenvalue weighted by atomic mass is 9.82. The van der Waals surface area contributed by atoms with Crippen LogP contribution in [-0.2, 0) is 6.42 Å². The highest BCUT2D eigenvalue weighted by Crippen LogP contribution is 2.47. The van der Waals surface area contributed by atoms with E-state index in [9.17, 15) is 0 Å². The zero-order chi connectivity index (χ0) is 26.6. The van der Waals surface area contributed by atoms with Crippen molar-refractivity contribution in [1.29, 1.82) is 0 Å². The first-order valence-corrected chi connectivity index (χ1v) is 14.2. The van der Waals surface area contributed by atoms with Gasteiger partial charge in [-0.15, -0.1) is 0 Å². The quantitative estimate of drug-likeness (QED) is 0.235. The van der Waals surface area contributed by atoms with Crippen molar-refractivity contribution in [2.45, 2.75) is 31.6 Å². The molecule has 2 atom stereocenters. The summed E-state index contributed by atoms with van der Waals surface area (Å²) in [6, 6.07) is 34.8. The summed E-state index contributed by atoms with van der Waals surface area (Å²) in [4.78, 5) is 10.5. The van der Waals surface area contributed by atoms with Crippen LogP contribution in [0.15, 0.2) is 121 Å². The van der Waals surface area contributed by atoms with Gasteiger partial charge >= 0.3 is 0 Å². The minimum Gasteiger partial charge on any atom is -0.281 e. The first-order valence-electron chi connectivity index (χ1n) is 14.2. The van der Waals surface area contributed by atoms with Crippen LogP contribution in [0.5, 0.6) is 0 Å². The predicted octanol–water partition coefficient (Wildman–Crippen LogP) is 9.17. The summed E-state index contributed by atoms with van der Waals surface area (Å²) in [6.07, 6.45) is 10.9. The molecule has 0 bridgehead atoms. The zero-order valence-corrected chi connectivity index (χ0v) is 22.5. The standard InChI is InChI=1S/C37H29N3/c1-24-22-28-16-8-9-17-29(28)34-31-23-27(25-12-4-2-5-13-25)20-21-33(31)40(36(24)34)37-38-32-19-11-10-18-30(32)35(39-37)26-14-6-3-7-15-26/h2-12,14-21,23-25H,13,22H2,1H3. The van der Waals surface area contributed by atoms with E-state index in [1.54, 1.807) is 0 Å². The van der Waals surface area contributed by atoms with Crippen LogP contribution >= 0.6 is 0 Å². The lowest BCUT2D eigenvalue weighted by Crippen LogP contribution is -2.14. The monoisotopic (exact) mass is 515 g/mol. The molecular formula is C37H29N3. The fraction of sp³-hybridized carbons (Fsp3) is 0.135. The van der Waals surface area contributed by atoms with Crippen molar-refractivity contribution in [3.8, 4) is 28.3 Å². The molecule has 2 unspecified atom stereocenters. The van der Waals surface area contributed by atoms with E-state index in [-0.39, 0.29) is 0 Å². The zero-order valence-electron chi connectivity index (χ0n) is 22.5. The molecule has 2 heterocycles. The van der Waals surface area contributed by atoms with Crippen molar-refractivity contribution < 1.29 is 0 Å². The van der Waals surface area contributed by atoms with Gasteiger partial charge in [0.05, 0.1) is 16.7 Å². The topological polar surface area (TPSA) is 30.7 Å². The molecule has 8 rings (SSSR count). The summed E-state index contributed by atoms with van der Waals surface area (Å²) in [7, 11) is 0. The Morgan fingerprint density at radius 2 is 1.60 bits per heavy atom. The van der Waals surface area contributed by atoms with Crippen LogP contribution in [0.1, 0.15) is 42.0 Å². The molecule has 6 aromatic rings. The molecule has 0 spiro atoms. The number of hydrogen-bond acceptors (Lipinski definition) is 2. The molecule has 3 nitrogen and oxygen atoms in total. The van der Waals surface area contributed by atoms with Crippen LogP contribution in [0, 0.1) is 0 Å². The van der Waals surface area contributed by atoms with Gasteiger partial charge in [-0.3, -0.25) is 4.57 Å². The second kappa shape index (κ2) is 9.17. The van der Waals surface area contributed by atoms with Crippen LogP contribution in [0.2, 0.25) is 0 Å². The second-order valence-electron chi connectivity index (χ2n) is 11.0. The van der Waals surface area contributed by atoms with Crippen LogP contribution in [0.3, 0.4) is 0 Å². The van der Waals surface area contributed by atoms with Crippen molar-refractivity contribution in [2.24, 2.45) is 0 Å². The molecule has 0 radical (unpaired) electrons. The Morgan fingerprint density at radius 1 is 0.775 bits per heavy atom. The van der Waals surface area contributed by atoms with Crippen LogP contribution in [0.4, 0.5) is 0 Å². The lowest BCUT2D eigenvalue weighted by molar-refractivity contribution is 0.698. The molecule has 0 saturated heterocycles. The predicted molar refractivity (Wildman–Crippen MR) is 165 cm³/mol. The maximum absolute atomic E-state index is 5.31. The maximum Gasteiger partial charge on any atom is 0.235 e. The Balaban J connectivity index is 1.45. The maximum atomic E-state index is 5.31. The van der Waals surface area contributed by atoms with E-state index in [0.717, 1.165) is 41.0 Å². The molecule has 3 heteroatoms. The van der Waals surface area contributed by atoms with Crippen molar-refractivity contribution >= 4 is 21.8 Å². The van der Waals surface area contributed by atoms with Gasteiger partial charge in [-0.1, -0.05) is 110 Å². The fourth-order valence-corrected chi connectivity index (χ4v) is 6.70. The van der Waals surface area contributed by atoms with Crippen LogP contribution in [0.25, 0.3) is 50.1 Å². The van der Waals surface area contributed by atoms with Gasteiger partial charge < -0.3 is 0 Å². The van der Waals surface area contributed by atoms with Gasteiger partial charge in [0.2, 0.25) is 5.95 Å². The molecule has 192 valence electrons. The lowest BCUT2D eigenvalue weighted by Gasteiger charge is -2.25. The highest BCUT2D eigenvalue weighted by molar-refractivity contribution is 6.02. The summed E-state index contributed by atoms with van der Waals surface area (Å²) in [5, 5.41) is 2.35. The number of benzene rings is 4. The van der Waals surface area contributed by atoms with E-state index in [2.05, 4.69) is 133 Å². The summed E-state index contributed by atoms with van der Waals surface area (Å²) in [5.41, 5.74) is 10.9. The Labute approximate surface area is 234 Å². The van der Waals surface area contributed by atoms with Gasteiger partial charge in [0.25, 0.3) is 0 Å². The summed E-state index contributed by atoms with van der Waals surface area (Å²) in [6.45, 7) is 2.35. The van der Waals surface area contributed by atoms with E-state index in [0.29, 0.717) is 11.8 Å². The Morgan fingerprint density at radius 3 is 2.48 bits per heavy atom. The smallest absolute Gasteiger partial charge is 0.235 e. The van der Waals surface area contributed by atoms with Crippen molar-refractivity contribution in [1.82, 2.24) is 14.5 Å². The normalized spacial score (nSPS) is 17.7. The number of fused-ring (bicyclic) bond motifs is 6. The molecule has 2 aliphatic rings. The molecule has 40 heavy (non-hydrogen) atoms. The summed E-state index contributed by atoms with van der Waals surface area (Å²) >= 11 is 0. The Hall–Kier alpha value is -4.76. The third-order valence-corrected chi connectivity index (χ3v) is 8.55. The number of hydrogen-bond donors (Lipinski definition) is 0. The van der Waals surface area contributed by atoms with E-state index in [4.69, 9.17) is 9.97 Å². The molecule has 2 aromatic heterocycles. The van der Waals surface area contributed by atoms with E-state index in [1.165, 1.54) is 38.9 Å². The van der Waals surface area contributed by atoms with Gasteiger partial charge in [-0.25, -0.2) is 9.97 Å². The first-order chi connectivity index (χ1) is 19.8. The third-order valence-electron chi connectivity index (χ3n) is 8.55. The Bertz CT molecular complexity index is 1980. The minimum atomic E-state index is 0.327. The van der Waals surface area contributed by atoms with E-state index in [1.807, 2.05) is 0 Å². The highest BCUT2D eigenvalue weighted by atomic mass is 15.2. The van der Waals surface area contributed by atoms with Gasteiger partial charge in [0.15, 0.2) is 0 Å². The van der Waals surface area contributed by atoms with Gasteiger partial charge in [-0.2, -0.15) is 0 Å². The molecule has 2 aliphatic carbocycles. The number of aromatic nitrogens is 3. The number of para-hydroxylation sites is 1. The number of rotatable bonds is 3. The molecule has 0 N–H and O–H groups in total. The average molecular weight is 516 g/mol. The van der Waals surface area contributed by atoms with E-state index >= 15 is 0 Å². The molecule has 0 aliphatic heterocycles. The fourth-order valence-electron chi connectivity index (χ4n) is 6.70. The minimum absolute atomic E-state index is 0.327. The third kappa shape index (κ3) is 3.58. The van der Waals surface area contributed by atoms with Gasteiger partial charge in [0.1, 0.15) is 0 Å². The molecule has 0 fully saturated rings. The highest BCUT2D eigenvalue weighted by Gasteiger charge is 2.31. The molecule has 0 amide bonds. The van der Waals surface area contributed by atoms with Crippen molar-refractivity contribution in [2.75, 3.05) is 0 Å². The summed E-state index contributed by atoms with van der Waals surface area (Å²) < 4.78 is 2.35. The first kappa shape index (κ1) is 23.2. The summed E-state index contributed by atoms with van der Waals surface area (Å²) in [5.74, 6) is 1.46. The average Bonchev–Trinajstić information content (AvgIpc) is 3.37. The number of nitrogens with zero attached hydrogens (tertiary/aromatic N) is 3. The van der Waals surface area contributed by atoms with Gasteiger partial charge in [-0.05, 0) is 47.7 Å². The van der Waals surface area contributed by atoms with Gasteiger partial charge in [0, 0.05) is 39.4 Å². The molecule has 0 saturated carbocycles. The van der Waals surface area contributed by atoms with Crippen LogP contribution in [-0.4, -0.2) is 14.5 Å². The van der Waals surface area contributed by atoms with Crippen molar-refractivity contribution in [3.05, 3.63) is 138 Å². The SMILES string of the molecule is CC1Cc2ccccc2-c2c1n(-c1nc(-c3ccccc3)c3ccccc3n1)c1ccc(C3C=CC=CC3)cc21. The number of allylic oxidation sites excluding steroid dienone is 4. The second-order valence-corrected chi connectivity index (χ2v) is 11.0. The Kier molecular flexibility index (Phi) is 5.31. The van der Waals surface area contributed by atoms with E-state index < -0.39 is 0 Å². The van der Waals surface area contributed by atoms with Crippen molar-refractivity contribution in [3.63, 3.8) is 0 Å².